The Kier molecular flexibility index (Phi) is 3.79. The summed E-state index contributed by atoms with van der Waals surface area (Å²) < 4.78 is 12.0. The Morgan fingerprint density at radius 2 is 1.41 bits per heavy atom. The molecule has 0 spiro atoms. The Hall–Kier alpha value is -3.33. The standard InChI is InChI=1S/C24H19NO2/c1-16-19-12-13-20-24(27-15-14-26-20)22(19)21(17-8-4-2-5-9-17)23(25-16)18-10-6-3-7-11-18/h2-13H,14-15H2,1H3. The van der Waals surface area contributed by atoms with Crippen molar-refractivity contribution in [1.29, 1.82) is 0 Å². The Balaban J connectivity index is 1.95. The third-order valence-corrected chi connectivity index (χ3v) is 4.97. The van der Waals surface area contributed by atoms with E-state index >= 15 is 0 Å². The van der Waals surface area contributed by atoms with Crippen molar-refractivity contribution in [2.45, 2.75) is 6.92 Å². The van der Waals surface area contributed by atoms with Gasteiger partial charge in [0, 0.05) is 27.6 Å². The van der Waals surface area contributed by atoms with Gasteiger partial charge in [-0.15, -0.1) is 0 Å². The first-order valence-electron chi connectivity index (χ1n) is 9.16. The van der Waals surface area contributed by atoms with Crippen molar-refractivity contribution in [2.75, 3.05) is 13.2 Å². The van der Waals surface area contributed by atoms with Gasteiger partial charge in [-0.2, -0.15) is 0 Å². The van der Waals surface area contributed by atoms with Gasteiger partial charge in [0.25, 0.3) is 0 Å². The molecule has 132 valence electrons. The van der Waals surface area contributed by atoms with Crippen LogP contribution in [0.2, 0.25) is 0 Å². The first-order chi connectivity index (χ1) is 13.3. The van der Waals surface area contributed by atoms with Gasteiger partial charge >= 0.3 is 0 Å². The molecular formula is C24H19NO2. The number of fused-ring (bicyclic) bond motifs is 3. The Bertz CT molecular complexity index is 1120. The second kappa shape index (κ2) is 6.44. The van der Waals surface area contributed by atoms with Crippen LogP contribution in [-0.2, 0) is 0 Å². The van der Waals surface area contributed by atoms with Gasteiger partial charge in [0.05, 0.1) is 5.69 Å². The van der Waals surface area contributed by atoms with Crippen molar-refractivity contribution in [3.05, 3.63) is 78.5 Å². The predicted octanol–water partition coefficient (Wildman–Crippen LogP) is 5.65. The monoisotopic (exact) mass is 353 g/mol. The number of aromatic nitrogens is 1. The maximum absolute atomic E-state index is 6.09. The molecule has 3 heteroatoms. The molecule has 0 saturated heterocycles. The third kappa shape index (κ3) is 2.63. The lowest BCUT2D eigenvalue weighted by Crippen LogP contribution is -2.16. The summed E-state index contributed by atoms with van der Waals surface area (Å²) in [5.74, 6) is 1.62. The van der Waals surface area contributed by atoms with Crippen LogP contribution in [0.15, 0.2) is 72.8 Å². The van der Waals surface area contributed by atoms with Gasteiger partial charge in [0.15, 0.2) is 11.5 Å². The zero-order chi connectivity index (χ0) is 18.2. The summed E-state index contributed by atoms with van der Waals surface area (Å²) in [5.41, 5.74) is 5.26. The maximum Gasteiger partial charge on any atom is 0.169 e. The molecule has 3 aromatic carbocycles. The van der Waals surface area contributed by atoms with E-state index in [2.05, 4.69) is 49.4 Å². The fourth-order valence-corrected chi connectivity index (χ4v) is 3.76. The van der Waals surface area contributed by atoms with Crippen LogP contribution < -0.4 is 9.47 Å². The largest absolute Gasteiger partial charge is 0.486 e. The molecule has 27 heavy (non-hydrogen) atoms. The number of hydrogen-bond donors (Lipinski definition) is 0. The van der Waals surface area contributed by atoms with Gasteiger partial charge in [-0.25, -0.2) is 0 Å². The molecule has 0 saturated carbocycles. The molecule has 1 aromatic heterocycles. The molecule has 0 radical (unpaired) electrons. The van der Waals surface area contributed by atoms with Crippen LogP contribution in [0.1, 0.15) is 5.69 Å². The summed E-state index contributed by atoms with van der Waals surface area (Å²) in [6, 6.07) is 24.8. The van der Waals surface area contributed by atoms with Gasteiger partial charge < -0.3 is 9.47 Å². The summed E-state index contributed by atoms with van der Waals surface area (Å²) in [6.45, 7) is 3.19. The molecule has 1 aliphatic heterocycles. The van der Waals surface area contributed by atoms with Crippen LogP contribution in [0.5, 0.6) is 11.5 Å². The van der Waals surface area contributed by atoms with E-state index in [1.807, 2.05) is 30.3 Å². The van der Waals surface area contributed by atoms with E-state index in [1.165, 1.54) is 0 Å². The molecule has 0 amide bonds. The molecule has 0 atom stereocenters. The molecule has 0 fully saturated rings. The lowest BCUT2D eigenvalue weighted by Gasteiger charge is -2.23. The van der Waals surface area contributed by atoms with Gasteiger partial charge in [-0.3, -0.25) is 4.98 Å². The number of benzene rings is 3. The van der Waals surface area contributed by atoms with E-state index in [-0.39, 0.29) is 0 Å². The second-order valence-corrected chi connectivity index (χ2v) is 6.67. The molecule has 0 aliphatic carbocycles. The van der Waals surface area contributed by atoms with Crippen molar-refractivity contribution >= 4 is 10.8 Å². The molecule has 4 aromatic rings. The molecule has 0 N–H and O–H groups in total. The van der Waals surface area contributed by atoms with E-state index in [4.69, 9.17) is 14.5 Å². The Morgan fingerprint density at radius 3 is 2.15 bits per heavy atom. The lowest BCUT2D eigenvalue weighted by atomic mass is 9.92. The van der Waals surface area contributed by atoms with Gasteiger partial charge in [-0.1, -0.05) is 60.7 Å². The number of aryl methyl sites for hydroxylation is 1. The minimum Gasteiger partial charge on any atom is -0.486 e. The summed E-state index contributed by atoms with van der Waals surface area (Å²) in [6.07, 6.45) is 0. The zero-order valence-corrected chi connectivity index (χ0v) is 15.1. The van der Waals surface area contributed by atoms with E-state index in [9.17, 15) is 0 Å². The minimum atomic E-state index is 0.558. The zero-order valence-electron chi connectivity index (χ0n) is 15.1. The summed E-state index contributed by atoms with van der Waals surface area (Å²) in [7, 11) is 0. The highest BCUT2D eigenvalue weighted by molar-refractivity contribution is 6.08. The first kappa shape index (κ1) is 15.9. The number of rotatable bonds is 2. The van der Waals surface area contributed by atoms with Crippen LogP contribution in [0, 0.1) is 6.92 Å². The summed E-state index contributed by atoms with van der Waals surface area (Å²) in [4.78, 5) is 5.00. The topological polar surface area (TPSA) is 31.4 Å². The normalized spacial score (nSPS) is 12.9. The quantitative estimate of drug-likeness (QED) is 0.467. The molecule has 1 aliphatic rings. The molecule has 0 unspecified atom stereocenters. The van der Waals surface area contributed by atoms with Crippen LogP contribution in [0.4, 0.5) is 0 Å². The van der Waals surface area contributed by atoms with E-state index in [1.54, 1.807) is 0 Å². The van der Waals surface area contributed by atoms with E-state index in [0.717, 1.165) is 50.3 Å². The number of nitrogens with zero attached hydrogens (tertiary/aromatic N) is 1. The van der Waals surface area contributed by atoms with E-state index in [0.29, 0.717) is 13.2 Å². The highest BCUT2D eigenvalue weighted by Gasteiger charge is 2.23. The molecule has 0 bridgehead atoms. The van der Waals surface area contributed by atoms with Crippen molar-refractivity contribution in [3.8, 4) is 33.9 Å². The van der Waals surface area contributed by atoms with Crippen molar-refractivity contribution in [3.63, 3.8) is 0 Å². The number of pyridine rings is 1. The van der Waals surface area contributed by atoms with Crippen LogP contribution >= 0.6 is 0 Å². The van der Waals surface area contributed by atoms with E-state index < -0.39 is 0 Å². The van der Waals surface area contributed by atoms with Crippen LogP contribution in [0.25, 0.3) is 33.2 Å². The first-order valence-corrected chi connectivity index (χ1v) is 9.16. The third-order valence-electron chi connectivity index (χ3n) is 4.97. The maximum atomic E-state index is 6.09. The average molecular weight is 353 g/mol. The Labute approximate surface area is 158 Å². The molecule has 3 nitrogen and oxygen atoms in total. The van der Waals surface area contributed by atoms with Crippen LogP contribution in [-0.4, -0.2) is 18.2 Å². The Morgan fingerprint density at radius 1 is 0.741 bits per heavy atom. The van der Waals surface area contributed by atoms with Gasteiger partial charge in [0.1, 0.15) is 13.2 Å². The SMILES string of the molecule is Cc1nc(-c2ccccc2)c(-c2ccccc2)c2c3c(ccc12)OCCO3. The second-order valence-electron chi connectivity index (χ2n) is 6.67. The van der Waals surface area contributed by atoms with Gasteiger partial charge in [0.2, 0.25) is 0 Å². The average Bonchev–Trinajstić information content (AvgIpc) is 2.74. The summed E-state index contributed by atoms with van der Waals surface area (Å²) >= 11 is 0. The molecule has 2 heterocycles. The van der Waals surface area contributed by atoms with Gasteiger partial charge in [-0.05, 0) is 24.6 Å². The number of ether oxygens (including phenoxy) is 2. The van der Waals surface area contributed by atoms with Crippen molar-refractivity contribution < 1.29 is 9.47 Å². The smallest absolute Gasteiger partial charge is 0.169 e. The predicted molar refractivity (Wildman–Crippen MR) is 108 cm³/mol. The fraction of sp³-hybridized carbons (Fsp3) is 0.125. The molecule has 5 rings (SSSR count). The van der Waals surface area contributed by atoms with Crippen molar-refractivity contribution in [2.24, 2.45) is 0 Å². The number of hydrogen-bond acceptors (Lipinski definition) is 3. The summed E-state index contributed by atoms with van der Waals surface area (Å²) in [5, 5.41) is 2.17. The lowest BCUT2D eigenvalue weighted by molar-refractivity contribution is 0.174. The highest BCUT2D eigenvalue weighted by atomic mass is 16.6. The molecular weight excluding hydrogens is 334 g/mol. The minimum absolute atomic E-state index is 0.558. The van der Waals surface area contributed by atoms with Crippen LogP contribution in [0.3, 0.4) is 0 Å². The van der Waals surface area contributed by atoms with Crippen molar-refractivity contribution in [1.82, 2.24) is 4.98 Å². The fourth-order valence-electron chi connectivity index (χ4n) is 3.76. The highest BCUT2D eigenvalue weighted by Crippen LogP contribution is 2.46.